The number of hydrogen-bond donors (Lipinski definition) is 4. The average Bonchev–Trinajstić information content (AvgIpc) is 0.795. The van der Waals surface area contributed by atoms with Crippen LogP contribution in [0, 0.1) is 46.7 Å². The Morgan fingerprint density at radius 1 is 0.368 bits per heavy atom. The lowest BCUT2D eigenvalue weighted by Gasteiger charge is -2.43. The number of anilines is 2. The first-order valence-corrected chi connectivity index (χ1v) is 50.5. The number of hydrogen-bond acceptors (Lipinski definition) is 8. The number of carbonyl (C=O) groups excluding carboxylic acids is 8. The zero-order valence-electron chi connectivity index (χ0n) is 75.4. The second-order valence-corrected chi connectivity index (χ2v) is 37.7. The van der Waals surface area contributed by atoms with Crippen LogP contribution in [0.4, 0.5) is 11.4 Å². The monoisotopic (exact) mass is 2030 g/mol. The Morgan fingerprint density at radius 2 is 0.712 bits per heavy atom. The number of amides is 8. The number of terminal acetylenes is 1. The van der Waals surface area contributed by atoms with Crippen molar-refractivity contribution >= 4 is 126 Å². The van der Waals surface area contributed by atoms with E-state index in [1.54, 1.807) is 26.8 Å². The predicted octanol–water partition coefficient (Wildman–Crippen LogP) is 24.2. The Bertz CT molecular complexity index is 4390. The molecule has 5 saturated carbocycles. The molecule has 7 aromatic carbocycles. The van der Waals surface area contributed by atoms with Gasteiger partial charge in [-0.25, -0.2) is 0 Å². The summed E-state index contributed by atoms with van der Waals surface area (Å²) in [7, 11) is 0. The first-order chi connectivity index (χ1) is 60.9. The number of benzene rings is 7. The zero-order valence-corrected chi connectivity index (χ0v) is 81.9. The molecule has 125 heavy (non-hydrogen) atoms. The second kappa shape index (κ2) is 57.8. The van der Waals surface area contributed by atoms with Crippen LogP contribution in [0.2, 0.25) is 0 Å². The highest BCUT2D eigenvalue weighted by atomic mass is 127. The van der Waals surface area contributed by atoms with E-state index < -0.39 is 24.2 Å². The quantitative estimate of drug-likeness (QED) is 0.0177. The van der Waals surface area contributed by atoms with E-state index in [2.05, 4.69) is 137 Å². The third-order valence-electron chi connectivity index (χ3n) is 25.2. The van der Waals surface area contributed by atoms with Crippen molar-refractivity contribution in [2.24, 2.45) is 23.7 Å². The van der Waals surface area contributed by atoms with Gasteiger partial charge in [-0.1, -0.05) is 297 Å². The summed E-state index contributed by atoms with van der Waals surface area (Å²) in [6, 6.07) is 59.9. The molecule has 0 aliphatic heterocycles. The fraction of sp³-hybridized carbons (Fsp3) is 0.509. The van der Waals surface area contributed by atoms with Crippen molar-refractivity contribution in [1.29, 1.82) is 0 Å². The molecule has 16 nitrogen and oxygen atoms in total. The van der Waals surface area contributed by atoms with Crippen molar-refractivity contribution in [3.05, 3.63) is 233 Å². The summed E-state index contributed by atoms with van der Waals surface area (Å²) in [5, 5.41) is 12.6. The summed E-state index contributed by atoms with van der Waals surface area (Å²) in [4.78, 5) is 116. The third kappa shape index (κ3) is 32.0. The molecule has 674 valence electrons. The number of para-hydroxylation sites is 2. The Hall–Kier alpha value is -7.95. The summed E-state index contributed by atoms with van der Waals surface area (Å²) in [5.41, 5.74) is 5.23. The smallest absolute Gasteiger partial charge is 0.260 e. The summed E-state index contributed by atoms with van der Waals surface area (Å²) < 4.78 is 2.75. The van der Waals surface area contributed by atoms with E-state index in [1.807, 2.05) is 187 Å². The first kappa shape index (κ1) is 102. The normalized spacial score (nSPS) is 16.2. The summed E-state index contributed by atoms with van der Waals surface area (Å²) >= 11 is 6.67. The van der Waals surface area contributed by atoms with Crippen LogP contribution in [0.3, 0.4) is 0 Å². The van der Waals surface area contributed by atoms with Gasteiger partial charge < -0.3 is 31.1 Å². The highest BCUT2D eigenvalue weighted by Crippen LogP contribution is 2.39. The number of unbranched alkanes of at least 4 members (excludes halogenated alkanes) is 3. The summed E-state index contributed by atoms with van der Waals surface area (Å²) in [6.07, 6.45) is 42.1. The van der Waals surface area contributed by atoms with E-state index in [9.17, 15) is 38.4 Å². The van der Waals surface area contributed by atoms with Gasteiger partial charge in [0.15, 0.2) is 0 Å². The van der Waals surface area contributed by atoms with Crippen LogP contribution in [-0.4, -0.2) is 113 Å². The molecule has 0 heterocycles. The zero-order chi connectivity index (χ0) is 89.5. The first-order valence-electron chi connectivity index (χ1n) is 47.2. The lowest BCUT2D eigenvalue weighted by Crippen LogP contribution is -2.57. The van der Waals surface area contributed by atoms with Crippen LogP contribution in [0.15, 0.2) is 194 Å². The van der Waals surface area contributed by atoms with E-state index in [1.165, 1.54) is 44.9 Å². The van der Waals surface area contributed by atoms with Gasteiger partial charge in [0.25, 0.3) is 23.6 Å². The van der Waals surface area contributed by atoms with Gasteiger partial charge in [-0.3, -0.25) is 48.2 Å². The molecule has 5 unspecified atom stereocenters. The third-order valence-corrected chi connectivity index (χ3v) is 28.0. The molecular formula is C106H141I3N8O8. The fourth-order valence-corrected chi connectivity index (χ4v) is 20.1. The van der Waals surface area contributed by atoms with Crippen LogP contribution in [0.5, 0.6) is 0 Å². The molecule has 5 atom stereocenters. The molecule has 8 amide bonds. The van der Waals surface area contributed by atoms with Crippen molar-refractivity contribution in [2.75, 3.05) is 29.4 Å². The van der Waals surface area contributed by atoms with E-state index >= 15 is 0 Å². The van der Waals surface area contributed by atoms with Gasteiger partial charge in [-0.05, 0) is 260 Å². The molecule has 5 aliphatic carbocycles. The lowest BCUT2D eigenvalue weighted by molar-refractivity contribution is -0.129. The molecule has 5 aliphatic rings. The van der Waals surface area contributed by atoms with Crippen LogP contribution in [0.25, 0.3) is 0 Å². The van der Waals surface area contributed by atoms with E-state index in [0.29, 0.717) is 36.3 Å². The maximum absolute atomic E-state index is 14.1. The van der Waals surface area contributed by atoms with Crippen LogP contribution < -0.4 is 31.1 Å². The summed E-state index contributed by atoms with van der Waals surface area (Å²) in [5.74, 6) is 2.87. The van der Waals surface area contributed by atoms with Gasteiger partial charge in [0.2, 0.25) is 23.6 Å². The lowest BCUT2D eigenvalue weighted by atomic mass is 9.81. The fourth-order valence-electron chi connectivity index (χ4n) is 18.3. The SMILES string of the molecule is C#CCN(C(=O)c1ccccc1)C(C(=O)NCCCC)C1CCCCC1.CCCC.CCCC(CC)NC(=O)C(C1CCCCC1)N(C(=O)c1ccccc1I)c1ccccc1.CCCCNC(=O)C(C1CCCCC1)N(C(=O)c1ccccc1I)c1ccccc1.O=C(NCc1ccccc1)C(C1CCCCC1)N(C(=O)c1ccccc1I)C1CCCCC1. The minimum Gasteiger partial charge on any atom is -0.354 e. The molecule has 0 bridgehead atoms. The maximum atomic E-state index is 14.1. The summed E-state index contributed by atoms with van der Waals surface area (Å²) in [6.45, 7) is 14.8. The van der Waals surface area contributed by atoms with E-state index in [4.69, 9.17) is 6.42 Å². The standard InChI is InChI=1S/C28H35IN2O2.C27H35IN2O2.C25H31IN2O2.C22H30N2O2.C4H10/c29-25-19-11-10-18-24(25)28(33)31(23-16-8-3-9-17-23)26(22-14-6-2-7-15-22)27(32)30-20-21-12-4-1-5-13-21;1-3-13-21(4-2)29-26(31)25(20-14-7-5-8-15-20)30(22-16-9-6-10-17-22)27(32)23-18-11-12-19-24(23)28;1-2-3-18-27-24(29)23(19-12-6-4-7-13-19)28(20-14-8-5-9-15-20)25(30)21-16-10-11-17-22(21)26;1-3-5-16-23-21(25)20(18-12-8-6-9-13-18)24(17-4-2)22(26)19-14-10-7-11-15-19;1-3-4-2/h1,4-5,10-13,18-19,22-23,26H,2-3,6-9,14-17,20H2,(H,30,32);6,9-12,16-21,25H,3-5,7-8,13-15H2,1-2H3,(H,29,31);5,8-11,14-17,19,23H,2-4,6-7,12-13,18H2,1H3,(H,27,29);2,7,10-11,14-15,18,20H,3,5-6,8-9,12-13,16-17H2,1H3,(H,23,25);3-4H2,1-2H3. The highest BCUT2D eigenvalue weighted by molar-refractivity contribution is 14.1. The van der Waals surface area contributed by atoms with Crippen molar-refractivity contribution in [3.8, 4) is 12.3 Å². The number of nitrogens with one attached hydrogen (secondary N) is 4. The van der Waals surface area contributed by atoms with Gasteiger partial charge >= 0.3 is 0 Å². The average molecular weight is 2040 g/mol. The molecule has 5 fully saturated rings. The Labute approximate surface area is 789 Å². The molecule has 4 N–H and O–H groups in total. The number of halogens is 3. The minimum absolute atomic E-state index is 0.00983. The largest absolute Gasteiger partial charge is 0.354 e. The van der Waals surface area contributed by atoms with Gasteiger partial charge in [0.05, 0.1) is 23.2 Å². The number of rotatable bonds is 33. The second-order valence-electron chi connectivity index (χ2n) is 34.2. The van der Waals surface area contributed by atoms with Crippen LogP contribution in [0.1, 0.15) is 307 Å². The topological polar surface area (TPSA) is 198 Å². The Kier molecular flexibility index (Phi) is 47.4. The Morgan fingerprint density at radius 3 is 1.10 bits per heavy atom. The number of carbonyl (C=O) groups is 8. The maximum Gasteiger partial charge on any atom is 0.260 e. The number of nitrogens with zero attached hydrogens (tertiary/aromatic N) is 4. The molecule has 0 saturated heterocycles. The highest BCUT2D eigenvalue weighted by Gasteiger charge is 2.45. The minimum atomic E-state index is -0.507. The van der Waals surface area contributed by atoms with Crippen LogP contribution >= 0.6 is 67.8 Å². The molecule has 0 spiro atoms. The van der Waals surface area contributed by atoms with Gasteiger partial charge in [-0.15, -0.1) is 6.42 Å². The van der Waals surface area contributed by atoms with Crippen LogP contribution in [-0.2, 0) is 25.7 Å². The van der Waals surface area contributed by atoms with Gasteiger partial charge in [-0.2, -0.15) is 0 Å². The molecule has 0 radical (unpaired) electrons. The molecule has 0 aromatic heterocycles. The predicted molar refractivity (Wildman–Crippen MR) is 537 cm³/mol. The van der Waals surface area contributed by atoms with Gasteiger partial charge in [0, 0.05) is 59.4 Å². The van der Waals surface area contributed by atoms with Gasteiger partial charge in [0.1, 0.15) is 24.2 Å². The van der Waals surface area contributed by atoms with Crippen molar-refractivity contribution in [1.82, 2.24) is 31.1 Å². The molecular weight excluding hydrogens is 1890 g/mol. The molecule has 7 aromatic rings. The van der Waals surface area contributed by atoms with Crippen molar-refractivity contribution < 1.29 is 38.4 Å². The Balaban J connectivity index is 0.000000204. The molecule has 19 heteroatoms. The van der Waals surface area contributed by atoms with Crippen molar-refractivity contribution in [2.45, 2.75) is 303 Å². The van der Waals surface area contributed by atoms with E-state index in [-0.39, 0.29) is 89.6 Å². The van der Waals surface area contributed by atoms with Crippen molar-refractivity contribution in [3.63, 3.8) is 0 Å². The van der Waals surface area contributed by atoms with E-state index in [0.717, 1.165) is 207 Å². The molecule has 12 rings (SSSR count).